The van der Waals surface area contributed by atoms with Gasteiger partial charge in [0.25, 0.3) is 0 Å². The van der Waals surface area contributed by atoms with Crippen molar-refractivity contribution < 1.29 is 9.47 Å². The van der Waals surface area contributed by atoms with Gasteiger partial charge in [0.05, 0.1) is 17.3 Å². The van der Waals surface area contributed by atoms with Gasteiger partial charge in [-0.05, 0) is 19.3 Å². The number of hydrogen-bond acceptors (Lipinski definition) is 3. The largest absolute Gasteiger partial charge is 0.378 e. The molecule has 0 bridgehead atoms. The van der Waals surface area contributed by atoms with E-state index in [-0.39, 0.29) is 11.2 Å². The molecule has 3 rings (SSSR count). The Morgan fingerprint density at radius 3 is 2.63 bits per heavy atom. The molecule has 3 aliphatic rings. The zero-order chi connectivity index (χ0) is 13.2. The lowest BCUT2D eigenvalue weighted by Gasteiger charge is -2.53. The molecule has 0 amide bonds. The number of nitrogens with one attached hydrogen (secondary N) is 1. The molecule has 2 unspecified atom stereocenters. The van der Waals surface area contributed by atoms with Gasteiger partial charge in [-0.15, -0.1) is 0 Å². The molecule has 19 heavy (non-hydrogen) atoms. The summed E-state index contributed by atoms with van der Waals surface area (Å²) in [6.07, 6.45) is 11.5. The number of ether oxygens (including phenoxy) is 2. The quantitative estimate of drug-likeness (QED) is 0.834. The minimum absolute atomic E-state index is 0.0632. The highest BCUT2D eigenvalue weighted by atomic mass is 16.5. The Hall–Kier alpha value is -0.120. The smallest absolute Gasteiger partial charge is 0.0861 e. The molecule has 2 heterocycles. The van der Waals surface area contributed by atoms with Gasteiger partial charge in [0.15, 0.2) is 0 Å². The van der Waals surface area contributed by atoms with Crippen molar-refractivity contribution in [2.75, 3.05) is 19.7 Å². The van der Waals surface area contributed by atoms with Crippen LogP contribution in [0.2, 0.25) is 0 Å². The Balaban J connectivity index is 1.68. The summed E-state index contributed by atoms with van der Waals surface area (Å²) in [7, 11) is 0. The Morgan fingerprint density at radius 2 is 1.84 bits per heavy atom. The van der Waals surface area contributed by atoms with Crippen LogP contribution in [-0.4, -0.2) is 37.0 Å². The molecule has 2 atom stereocenters. The van der Waals surface area contributed by atoms with E-state index < -0.39 is 0 Å². The van der Waals surface area contributed by atoms with Crippen LogP contribution in [0.15, 0.2) is 0 Å². The molecule has 2 saturated heterocycles. The highest BCUT2D eigenvalue weighted by molar-refractivity contribution is 5.00. The average Bonchev–Trinajstić information content (AvgIpc) is 2.40. The molecule has 1 N–H and O–H groups in total. The summed E-state index contributed by atoms with van der Waals surface area (Å²) < 4.78 is 12.7. The molecule has 2 spiro atoms. The maximum Gasteiger partial charge on any atom is 0.0861 e. The van der Waals surface area contributed by atoms with Crippen LogP contribution >= 0.6 is 0 Å². The lowest BCUT2D eigenvalue weighted by Crippen LogP contribution is -2.63. The van der Waals surface area contributed by atoms with E-state index >= 15 is 0 Å². The fourth-order valence-corrected chi connectivity index (χ4v) is 4.27. The van der Waals surface area contributed by atoms with Gasteiger partial charge < -0.3 is 14.8 Å². The van der Waals surface area contributed by atoms with E-state index in [0.717, 1.165) is 32.5 Å². The van der Waals surface area contributed by atoms with Crippen LogP contribution < -0.4 is 5.32 Å². The monoisotopic (exact) mass is 267 g/mol. The van der Waals surface area contributed by atoms with Crippen LogP contribution in [0.3, 0.4) is 0 Å². The topological polar surface area (TPSA) is 30.5 Å². The summed E-state index contributed by atoms with van der Waals surface area (Å²) in [6, 6.07) is 0. The first-order valence-electron chi connectivity index (χ1n) is 8.28. The molecule has 3 fully saturated rings. The van der Waals surface area contributed by atoms with Crippen molar-refractivity contribution in [3.05, 3.63) is 0 Å². The number of hydrogen-bond donors (Lipinski definition) is 1. The van der Waals surface area contributed by atoms with Gasteiger partial charge in [-0.2, -0.15) is 0 Å². The first-order valence-corrected chi connectivity index (χ1v) is 8.28. The third-order valence-corrected chi connectivity index (χ3v) is 5.21. The van der Waals surface area contributed by atoms with E-state index in [1.165, 1.54) is 44.9 Å². The van der Waals surface area contributed by atoms with E-state index in [1.54, 1.807) is 0 Å². The molecule has 0 aromatic carbocycles. The van der Waals surface area contributed by atoms with Crippen molar-refractivity contribution in [3.63, 3.8) is 0 Å². The van der Waals surface area contributed by atoms with Gasteiger partial charge in [-0.1, -0.05) is 32.6 Å². The Labute approximate surface area is 117 Å². The van der Waals surface area contributed by atoms with Crippen molar-refractivity contribution in [3.8, 4) is 0 Å². The second kappa shape index (κ2) is 5.71. The summed E-state index contributed by atoms with van der Waals surface area (Å²) in [5.41, 5.74) is 0.207. The second-order valence-corrected chi connectivity index (χ2v) is 6.87. The normalized spacial score (nSPS) is 38.7. The van der Waals surface area contributed by atoms with Crippen LogP contribution in [0, 0.1) is 0 Å². The fraction of sp³-hybridized carbons (Fsp3) is 1.00. The van der Waals surface area contributed by atoms with Crippen LogP contribution in [-0.2, 0) is 9.47 Å². The van der Waals surface area contributed by atoms with Gasteiger partial charge in [0.2, 0.25) is 0 Å². The summed E-state index contributed by atoms with van der Waals surface area (Å²) in [6.45, 7) is 5.21. The van der Waals surface area contributed by atoms with Crippen molar-refractivity contribution in [1.29, 1.82) is 0 Å². The first kappa shape index (κ1) is 13.8. The minimum Gasteiger partial charge on any atom is -0.378 e. The molecular weight excluding hydrogens is 238 g/mol. The zero-order valence-corrected chi connectivity index (χ0v) is 12.4. The van der Waals surface area contributed by atoms with Crippen molar-refractivity contribution >= 4 is 0 Å². The van der Waals surface area contributed by atoms with E-state index in [0.29, 0.717) is 6.10 Å². The Bertz CT molecular complexity index is 290. The van der Waals surface area contributed by atoms with E-state index in [9.17, 15) is 0 Å². The van der Waals surface area contributed by atoms with Crippen molar-refractivity contribution in [2.45, 2.75) is 82.0 Å². The summed E-state index contributed by atoms with van der Waals surface area (Å²) >= 11 is 0. The van der Waals surface area contributed by atoms with E-state index in [2.05, 4.69) is 12.2 Å². The fourth-order valence-electron chi connectivity index (χ4n) is 4.27. The predicted molar refractivity (Wildman–Crippen MR) is 76.4 cm³/mol. The van der Waals surface area contributed by atoms with Crippen molar-refractivity contribution in [1.82, 2.24) is 5.32 Å². The van der Waals surface area contributed by atoms with Gasteiger partial charge in [-0.25, -0.2) is 0 Å². The number of morpholine rings is 1. The maximum absolute atomic E-state index is 6.78. The first-order chi connectivity index (χ1) is 9.26. The molecule has 2 aliphatic heterocycles. The van der Waals surface area contributed by atoms with Gasteiger partial charge in [-0.3, -0.25) is 0 Å². The third-order valence-electron chi connectivity index (χ3n) is 5.21. The molecule has 0 aromatic rings. The highest BCUT2D eigenvalue weighted by Gasteiger charge is 2.48. The van der Waals surface area contributed by atoms with Gasteiger partial charge in [0, 0.05) is 32.5 Å². The van der Waals surface area contributed by atoms with Gasteiger partial charge in [0.1, 0.15) is 0 Å². The Morgan fingerprint density at radius 1 is 1.05 bits per heavy atom. The van der Waals surface area contributed by atoms with Crippen LogP contribution in [0.1, 0.15) is 64.7 Å². The molecular formula is C16H29NO2. The average molecular weight is 267 g/mol. The second-order valence-electron chi connectivity index (χ2n) is 6.87. The maximum atomic E-state index is 6.78. The third kappa shape index (κ3) is 2.98. The summed E-state index contributed by atoms with van der Waals surface area (Å²) in [5.74, 6) is 0. The molecule has 0 aromatic heterocycles. The van der Waals surface area contributed by atoms with Crippen LogP contribution in [0.5, 0.6) is 0 Å². The lowest BCUT2D eigenvalue weighted by atomic mass is 9.79. The molecule has 3 heteroatoms. The molecule has 0 radical (unpaired) electrons. The van der Waals surface area contributed by atoms with E-state index in [1.807, 2.05) is 0 Å². The van der Waals surface area contributed by atoms with Gasteiger partial charge >= 0.3 is 0 Å². The summed E-state index contributed by atoms with van der Waals surface area (Å²) in [4.78, 5) is 0. The molecule has 1 saturated carbocycles. The van der Waals surface area contributed by atoms with E-state index in [4.69, 9.17) is 9.47 Å². The standard InChI is InChI=1S/C16H29NO2/c1-2-6-14-11-16(9-10-18-14)13-17-12-15(19-16)7-4-3-5-8-15/h14,17H,2-13H2,1H3. The van der Waals surface area contributed by atoms with Crippen LogP contribution in [0.25, 0.3) is 0 Å². The molecule has 110 valence electrons. The predicted octanol–water partition coefficient (Wildman–Crippen LogP) is 3.03. The summed E-state index contributed by atoms with van der Waals surface area (Å²) in [5, 5.41) is 3.69. The minimum atomic E-state index is 0.0632. The molecule has 3 nitrogen and oxygen atoms in total. The lowest BCUT2D eigenvalue weighted by molar-refractivity contribution is -0.228. The Kier molecular flexibility index (Phi) is 4.16. The highest BCUT2D eigenvalue weighted by Crippen LogP contribution is 2.42. The van der Waals surface area contributed by atoms with Crippen molar-refractivity contribution in [2.24, 2.45) is 0 Å². The number of rotatable bonds is 2. The van der Waals surface area contributed by atoms with Crippen LogP contribution in [0.4, 0.5) is 0 Å². The zero-order valence-electron chi connectivity index (χ0n) is 12.4. The SMILES string of the molecule is CCCC1CC2(CCO1)CNCC1(CCCCC1)O2. The molecule has 1 aliphatic carbocycles.